The van der Waals surface area contributed by atoms with E-state index in [2.05, 4.69) is 21.2 Å². The molecule has 0 atom stereocenters. The third-order valence-corrected chi connectivity index (χ3v) is 3.46. The molecular formula is C14H10BrFN2O. The first kappa shape index (κ1) is 12.2. The SMILES string of the molecule is O=C1CN(c2ccc(F)cc2)c2ccc(Br)cc2N1. The third kappa shape index (κ3) is 2.33. The Hall–Kier alpha value is -1.88. The molecule has 0 aromatic heterocycles. The lowest BCUT2D eigenvalue weighted by Gasteiger charge is -2.31. The van der Waals surface area contributed by atoms with Gasteiger partial charge < -0.3 is 10.2 Å². The van der Waals surface area contributed by atoms with Crippen molar-refractivity contribution >= 4 is 38.9 Å². The summed E-state index contributed by atoms with van der Waals surface area (Å²) in [6.07, 6.45) is 0. The molecule has 2 aromatic rings. The van der Waals surface area contributed by atoms with Gasteiger partial charge in [-0.1, -0.05) is 15.9 Å². The van der Waals surface area contributed by atoms with E-state index in [4.69, 9.17) is 0 Å². The van der Waals surface area contributed by atoms with E-state index in [-0.39, 0.29) is 18.3 Å². The van der Waals surface area contributed by atoms with Crippen LogP contribution in [0.25, 0.3) is 0 Å². The second kappa shape index (κ2) is 4.66. The molecule has 1 aliphatic rings. The summed E-state index contributed by atoms with van der Waals surface area (Å²) in [6, 6.07) is 11.8. The molecule has 0 aliphatic carbocycles. The standard InChI is InChI=1S/C14H10BrFN2O/c15-9-1-6-13-12(7-9)17-14(19)8-18(13)11-4-2-10(16)3-5-11/h1-7H,8H2,(H,17,19). The number of hydrogen-bond donors (Lipinski definition) is 1. The lowest BCUT2D eigenvalue weighted by atomic mass is 10.1. The Labute approximate surface area is 118 Å². The maximum Gasteiger partial charge on any atom is 0.244 e. The average molecular weight is 321 g/mol. The smallest absolute Gasteiger partial charge is 0.244 e. The highest BCUT2D eigenvalue weighted by Gasteiger charge is 2.23. The van der Waals surface area contributed by atoms with Gasteiger partial charge in [-0.2, -0.15) is 0 Å². The van der Waals surface area contributed by atoms with Crippen LogP contribution in [0.5, 0.6) is 0 Å². The van der Waals surface area contributed by atoms with Crippen molar-refractivity contribution in [1.82, 2.24) is 0 Å². The van der Waals surface area contributed by atoms with Crippen LogP contribution in [0.3, 0.4) is 0 Å². The van der Waals surface area contributed by atoms with Gasteiger partial charge in [0.05, 0.1) is 11.4 Å². The minimum atomic E-state index is -0.291. The van der Waals surface area contributed by atoms with Crippen LogP contribution in [0, 0.1) is 5.82 Å². The Morgan fingerprint density at radius 3 is 2.63 bits per heavy atom. The Bertz CT molecular complexity index is 642. The molecule has 0 saturated heterocycles. The first-order valence-electron chi connectivity index (χ1n) is 5.76. The lowest BCUT2D eigenvalue weighted by Crippen LogP contribution is -2.34. The Morgan fingerprint density at radius 2 is 1.89 bits per heavy atom. The van der Waals surface area contributed by atoms with E-state index in [1.54, 1.807) is 12.1 Å². The van der Waals surface area contributed by atoms with E-state index in [1.165, 1.54) is 12.1 Å². The molecule has 3 nitrogen and oxygen atoms in total. The number of carbonyl (C=O) groups excluding carboxylic acids is 1. The second-order valence-electron chi connectivity index (χ2n) is 4.27. The molecule has 1 N–H and O–H groups in total. The number of benzene rings is 2. The van der Waals surface area contributed by atoms with Crippen LogP contribution in [0.2, 0.25) is 0 Å². The van der Waals surface area contributed by atoms with E-state index >= 15 is 0 Å². The van der Waals surface area contributed by atoms with E-state index in [1.807, 2.05) is 23.1 Å². The van der Waals surface area contributed by atoms with E-state index < -0.39 is 0 Å². The number of amides is 1. The van der Waals surface area contributed by atoms with Gasteiger partial charge in [-0.15, -0.1) is 0 Å². The summed E-state index contributed by atoms with van der Waals surface area (Å²) >= 11 is 3.38. The summed E-state index contributed by atoms with van der Waals surface area (Å²) in [5.74, 6) is -0.379. The van der Waals surface area contributed by atoms with Gasteiger partial charge in [0.25, 0.3) is 0 Å². The highest BCUT2D eigenvalue weighted by Crippen LogP contribution is 2.36. The maximum absolute atomic E-state index is 13.0. The van der Waals surface area contributed by atoms with Crippen molar-refractivity contribution in [2.75, 3.05) is 16.8 Å². The zero-order valence-electron chi connectivity index (χ0n) is 9.86. The topological polar surface area (TPSA) is 32.3 Å². The van der Waals surface area contributed by atoms with Crippen molar-refractivity contribution in [1.29, 1.82) is 0 Å². The van der Waals surface area contributed by atoms with Crippen LogP contribution in [0.1, 0.15) is 0 Å². The van der Waals surface area contributed by atoms with Crippen LogP contribution in [0.15, 0.2) is 46.9 Å². The molecule has 19 heavy (non-hydrogen) atoms. The largest absolute Gasteiger partial charge is 0.330 e. The average Bonchev–Trinajstić information content (AvgIpc) is 2.38. The van der Waals surface area contributed by atoms with E-state index in [0.717, 1.165) is 21.5 Å². The molecule has 1 aliphatic heterocycles. The highest BCUT2D eigenvalue weighted by atomic mass is 79.9. The van der Waals surface area contributed by atoms with Crippen molar-refractivity contribution in [3.8, 4) is 0 Å². The first-order chi connectivity index (χ1) is 9.13. The van der Waals surface area contributed by atoms with Gasteiger partial charge in [0.15, 0.2) is 0 Å². The van der Waals surface area contributed by atoms with E-state index in [0.29, 0.717) is 0 Å². The minimum Gasteiger partial charge on any atom is -0.330 e. The van der Waals surface area contributed by atoms with Gasteiger partial charge in [-0.3, -0.25) is 4.79 Å². The molecule has 96 valence electrons. The van der Waals surface area contributed by atoms with Crippen LogP contribution in [-0.2, 0) is 4.79 Å². The molecule has 1 amide bonds. The maximum atomic E-state index is 13.0. The number of anilines is 3. The lowest BCUT2D eigenvalue weighted by molar-refractivity contribution is -0.115. The monoisotopic (exact) mass is 320 g/mol. The summed E-state index contributed by atoms with van der Waals surface area (Å²) in [5.41, 5.74) is 2.43. The predicted molar refractivity (Wildman–Crippen MR) is 76.2 cm³/mol. The summed E-state index contributed by atoms with van der Waals surface area (Å²) in [6.45, 7) is 0.222. The zero-order chi connectivity index (χ0) is 13.4. The molecule has 2 aromatic carbocycles. The fourth-order valence-electron chi connectivity index (χ4n) is 2.11. The van der Waals surface area contributed by atoms with Crippen molar-refractivity contribution < 1.29 is 9.18 Å². The quantitative estimate of drug-likeness (QED) is 0.869. The zero-order valence-corrected chi connectivity index (χ0v) is 11.4. The molecule has 0 bridgehead atoms. The Balaban J connectivity index is 2.08. The van der Waals surface area contributed by atoms with Gasteiger partial charge >= 0.3 is 0 Å². The number of hydrogen-bond acceptors (Lipinski definition) is 2. The number of fused-ring (bicyclic) bond motifs is 1. The molecule has 5 heteroatoms. The van der Waals surface area contributed by atoms with Crippen molar-refractivity contribution in [2.24, 2.45) is 0 Å². The van der Waals surface area contributed by atoms with Gasteiger partial charge in [-0.05, 0) is 42.5 Å². The molecule has 1 heterocycles. The number of nitrogens with zero attached hydrogens (tertiary/aromatic N) is 1. The number of halogens is 2. The summed E-state index contributed by atoms with van der Waals surface area (Å²) in [5, 5.41) is 2.83. The summed E-state index contributed by atoms with van der Waals surface area (Å²) < 4.78 is 13.9. The highest BCUT2D eigenvalue weighted by molar-refractivity contribution is 9.10. The van der Waals surface area contributed by atoms with Crippen molar-refractivity contribution in [3.05, 3.63) is 52.8 Å². The third-order valence-electron chi connectivity index (χ3n) is 2.96. The van der Waals surface area contributed by atoms with Gasteiger partial charge in [0.1, 0.15) is 12.4 Å². The fraction of sp³-hybridized carbons (Fsp3) is 0.0714. The fourth-order valence-corrected chi connectivity index (χ4v) is 2.47. The summed E-state index contributed by atoms with van der Waals surface area (Å²) in [4.78, 5) is 13.6. The molecule has 3 rings (SSSR count). The molecule has 0 unspecified atom stereocenters. The predicted octanol–water partition coefficient (Wildman–Crippen LogP) is 3.68. The molecule has 0 saturated carbocycles. The molecule has 0 spiro atoms. The van der Waals surface area contributed by atoms with Gasteiger partial charge in [-0.25, -0.2) is 4.39 Å². The first-order valence-corrected chi connectivity index (χ1v) is 6.55. The van der Waals surface area contributed by atoms with Crippen molar-refractivity contribution in [3.63, 3.8) is 0 Å². The normalized spacial score (nSPS) is 14.0. The number of rotatable bonds is 1. The van der Waals surface area contributed by atoms with Gasteiger partial charge in [0, 0.05) is 10.2 Å². The molecular weight excluding hydrogens is 311 g/mol. The van der Waals surface area contributed by atoms with E-state index in [9.17, 15) is 9.18 Å². The van der Waals surface area contributed by atoms with Crippen LogP contribution in [-0.4, -0.2) is 12.5 Å². The van der Waals surface area contributed by atoms with Gasteiger partial charge in [0.2, 0.25) is 5.91 Å². The van der Waals surface area contributed by atoms with Crippen LogP contribution < -0.4 is 10.2 Å². The van der Waals surface area contributed by atoms with Crippen LogP contribution in [0.4, 0.5) is 21.5 Å². The Morgan fingerprint density at radius 1 is 1.16 bits per heavy atom. The van der Waals surface area contributed by atoms with Crippen LogP contribution >= 0.6 is 15.9 Å². The number of carbonyl (C=O) groups is 1. The number of nitrogens with one attached hydrogen (secondary N) is 1. The molecule has 0 fully saturated rings. The molecule has 0 radical (unpaired) electrons. The van der Waals surface area contributed by atoms with Crippen molar-refractivity contribution in [2.45, 2.75) is 0 Å². The second-order valence-corrected chi connectivity index (χ2v) is 5.19. The summed E-state index contributed by atoms with van der Waals surface area (Å²) in [7, 11) is 0. The Kier molecular flexibility index (Phi) is 2.98. The minimum absolute atomic E-state index is 0.0880.